The van der Waals surface area contributed by atoms with E-state index in [9.17, 15) is 9.59 Å². The van der Waals surface area contributed by atoms with E-state index in [1.165, 1.54) is 21.1 Å². The molecule has 1 atom stereocenters. The fourth-order valence-electron chi connectivity index (χ4n) is 3.20. The molecule has 0 saturated heterocycles. The monoisotopic (exact) mass is 413 g/mol. The van der Waals surface area contributed by atoms with E-state index in [4.69, 9.17) is 23.2 Å². The molecule has 3 heterocycles. The van der Waals surface area contributed by atoms with Crippen molar-refractivity contribution in [3.05, 3.63) is 43.8 Å². The van der Waals surface area contributed by atoms with Crippen LogP contribution >= 0.6 is 34.5 Å². The van der Waals surface area contributed by atoms with Crippen molar-refractivity contribution in [2.24, 2.45) is 7.05 Å². The maximum Gasteiger partial charge on any atom is 0.268 e. The average molecular weight is 414 g/mol. The third-order valence-electron chi connectivity index (χ3n) is 4.65. The van der Waals surface area contributed by atoms with Crippen molar-refractivity contribution in [1.82, 2.24) is 14.8 Å². The number of fused-ring (bicyclic) bond motifs is 1. The first-order valence-corrected chi connectivity index (χ1v) is 10.2. The van der Waals surface area contributed by atoms with Gasteiger partial charge in [0.1, 0.15) is 16.9 Å². The summed E-state index contributed by atoms with van der Waals surface area (Å²) >= 11 is 13.8. The van der Waals surface area contributed by atoms with Crippen LogP contribution in [0.1, 0.15) is 40.7 Å². The predicted octanol–water partition coefficient (Wildman–Crippen LogP) is 3.88. The molecule has 1 aliphatic rings. The molecular weight excluding hydrogens is 393 g/mol. The summed E-state index contributed by atoms with van der Waals surface area (Å²) in [5, 5.41) is 5.55. The second kappa shape index (κ2) is 8.03. The van der Waals surface area contributed by atoms with E-state index in [0.717, 1.165) is 12.8 Å². The minimum Gasteiger partial charge on any atom is -0.339 e. The summed E-state index contributed by atoms with van der Waals surface area (Å²) in [7, 11) is 1.67. The molecule has 0 spiro atoms. The average Bonchev–Trinajstić information content (AvgIpc) is 3.20. The van der Waals surface area contributed by atoms with E-state index in [2.05, 4.69) is 16.8 Å². The van der Waals surface area contributed by atoms with Gasteiger partial charge in [-0.1, -0.05) is 36.5 Å². The van der Waals surface area contributed by atoms with E-state index in [0.29, 0.717) is 35.4 Å². The fourth-order valence-corrected chi connectivity index (χ4v) is 4.46. The first-order valence-electron chi connectivity index (χ1n) is 8.58. The van der Waals surface area contributed by atoms with Crippen molar-refractivity contribution >= 4 is 46.4 Å². The molecule has 1 aliphatic heterocycles. The Kier molecular flexibility index (Phi) is 5.95. The first-order chi connectivity index (χ1) is 12.4. The molecule has 3 rings (SSSR count). The number of thiophene rings is 1. The van der Waals surface area contributed by atoms with Gasteiger partial charge in [0, 0.05) is 25.0 Å². The van der Waals surface area contributed by atoms with Gasteiger partial charge < -0.3 is 14.8 Å². The number of nitrogens with one attached hydrogen (secondary N) is 1. The van der Waals surface area contributed by atoms with Gasteiger partial charge in [-0.3, -0.25) is 9.59 Å². The molecular formula is C18H21Cl2N3O2S. The molecule has 26 heavy (non-hydrogen) atoms. The van der Waals surface area contributed by atoms with Crippen LogP contribution in [0.5, 0.6) is 0 Å². The Bertz CT molecular complexity index is 831. The summed E-state index contributed by atoms with van der Waals surface area (Å²) in [4.78, 5) is 28.8. The summed E-state index contributed by atoms with van der Waals surface area (Å²) in [5.74, 6) is -0.384. The van der Waals surface area contributed by atoms with Crippen LogP contribution in [0.25, 0.3) is 0 Å². The smallest absolute Gasteiger partial charge is 0.268 e. The van der Waals surface area contributed by atoms with Crippen LogP contribution in [-0.4, -0.2) is 33.9 Å². The Hall–Kier alpha value is -1.50. The van der Waals surface area contributed by atoms with E-state index in [-0.39, 0.29) is 11.8 Å². The zero-order valence-electron chi connectivity index (χ0n) is 14.7. The Morgan fingerprint density at radius 2 is 2.15 bits per heavy atom. The van der Waals surface area contributed by atoms with Crippen molar-refractivity contribution < 1.29 is 9.59 Å². The first kappa shape index (κ1) is 19.3. The van der Waals surface area contributed by atoms with E-state index in [1.807, 2.05) is 11.8 Å². The summed E-state index contributed by atoms with van der Waals surface area (Å²) < 4.78 is 1.52. The van der Waals surface area contributed by atoms with Crippen LogP contribution in [0, 0.1) is 0 Å². The van der Waals surface area contributed by atoms with Crippen molar-refractivity contribution in [2.45, 2.75) is 38.8 Å². The second-order valence-corrected chi connectivity index (χ2v) is 8.19. The number of hydrogen-bond donors (Lipinski definition) is 1. The van der Waals surface area contributed by atoms with Crippen LogP contribution in [0.2, 0.25) is 10.2 Å². The van der Waals surface area contributed by atoms with Crippen LogP contribution < -0.4 is 5.32 Å². The van der Waals surface area contributed by atoms with Gasteiger partial charge in [0.05, 0.1) is 5.02 Å². The highest BCUT2D eigenvalue weighted by Crippen LogP contribution is 2.26. The number of aromatic nitrogens is 1. The second-order valence-electron chi connectivity index (χ2n) is 6.42. The number of nitrogens with zero attached hydrogens (tertiary/aromatic N) is 2. The van der Waals surface area contributed by atoms with Gasteiger partial charge in [-0.15, -0.1) is 11.3 Å². The largest absolute Gasteiger partial charge is 0.339 e. The topological polar surface area (TPSA) is 54.3 Å². The molecule has 2 aromatic rings. The van der Waals surface area contributed by atoms with Gasteiger partial charge in [-0.2, -0.15) is 0 Å². The number of amides is 2. The fraction of sp³-hybridized carbons (Fsp3) is 0.444. The van der Waals surface area contributed by atoms with Crippen molar-refractivity contribution in [3.8, 4) is 0 Å². The number of hydrogen-bond acceptors (Lipinski definition) is 3. The molecule has 0 radical (unpaired) electrons. The summed E-state index contributed by atoms with van der Waals surface area (Å²) in [6.07, 6.45) is 2.25. The summed E-state index contributed by atoms with van der Waals surface area (Å²) in [5.41, 5.74) is 1.55. The van der Waals surface area contributed by atoms with Crippen LogP contribution in [0.15, 0.2) is 17.5 Å². The predicted molar refractivity (Wildman–Crippen MR) is 105 cm³/mol. The third-order valence-corrected chi connectivity index (χ3v) is 6.51. The molecule has 140 valence electrons. The van der Waals surface area contributed by atoms with Gasteiger partial charge >= 0.3 is 0 Å². The number of rotatable bonds is 5. The highest BCUT2D eigenvalue weighted by molar-refractivity contribution is 7.10. The van der Waals surface area contributed by atoms with E-state index >= 15 is 0 Å². The standard InChI is InChI=1S/C18H21Cl2N3O2S/c1-3-4-13(21-17(24)14-9-12(19)16(20)22(14)2)18(25)23-7-5-15-11(10-23)6-8-26-15/h6,8-9,13H,3-5,7,10H2,1-2H3,(H,21,24). The normalized spacial score (nSPS) is 14.8. The summed E-state index contributed by atoms with van der Waals surface area (Å²) in [6, 6.07) is 3.03. The Morgan fingerprint density at radius 1 is 1.38 bits per heavy atom. The molecule has 1 N–H and O–H groups in total. The number of halogens is 2. The van der Waals surface area contributed by atoms with Gasteiger partial charge in [-0.05, 0) is 35.9 Å². The Balaban J connectivity index is 1.73. The Morgan fingerprint density at radius 3 is 2.81 bits per heavy atom. The maximum atomic E-state index is 13.0. The lowest BCUT2D eigenvalue weighted by Gasteiger charge is -2.31. The lowest BCUT2D eigenvalue weighted by Crippen LogP contribution is -2.49. The molecule has 0 aliphatic carbocycles. The Labute approximate surface area is 166 Å². The lowest BCUT2D eigenvalue weighted by atomic mass is 10.1. The van der Waals surface area contributed by atoms with Gasteiger partial charge in [0.25, 0.3) is 5.91 Å². The van der Waals surface area contributed by atoms with E-state index < -0.39 is 6.04 Å². The van der Waals surface area contributed by atoms with Gasteiger partial charge in [0.15, 0.2) is 0 Å². The molecule has 2 aromatic heterocycles. The zero-order chi connectivity index (χ0) is 18.8. The number of carbonyl (C=O) groups excluding carboxylic acids is 2. The van der Waals surface area contributed by atoms with Gasteiger partial charge in [-0.25, -0.2) is 0 Å². The van der Waals surface area contributed by atoms with Crippen LogP contribution in [0.4, 0.5) is 0 Å². The molecule has 1 unspecified atom stereocenters. The maximum absolute atomic E-state index is 13.0. The minimum absolute atomic E-state index is 0.0385. The number of carbonyl (C=O) groups is 2. The highest BCUT2D eigenvalue weighted by atomic mass is 35.5. The highest BCUT2D eigenvalue weighted by Gasteiger charge is 2.29. The van der Waals surface area contributed by atoms with Crippen molar-refractivity contribution in [2.75, 3.05) is 6.54 Å². The molecule has 8 heteroatoms. The third kappa shape index (κ3) is 3.77. The molecule has 0 bridgehead atoms. The van der Waals surface area contributed by atoms with Crippen molar-refractivity contribution in [3.63, 3.8) is 0 Å². The molecule has 5 nitrogen and oxygen atoms in total. The molecule has 0 fully saturated rings. The zero-order valence-corrected chi connectivity index (χ0v) is 17.0. The molecule has 0 aromatic carbocycles. The van der Waals surface area contributed by atoms with Crippen LogP contribution in [0.3, 0.4) is 0 Å². The van der Waals surface area contributed by atoms with E-state index in [1.54, 1.807) is 18.4 Å². The SMILES string of the molecule is CCCC(NC(=O)c1cc(Cl)c(Cl)n1C)C(=O)N1CCc2sccc2C1. The van der Waals surface area contributed by atoms with Crippen molar-refractivity contribution in [1.29, 1.82) is 0 Å². The van der Waals surface area contributed by atoms with Crippen LogP contribution in [-0.2, 0) is 24.8 Å². The molecule has 2 amide bonds. The lowest BCUT2D eigenvalue weighted by molar-refractivity contribution is -0.134. The quantitative estimate of drug-likeness (QED) is 0.808. The van der Waals surface area contributed by atoms with Gasteiger partial charge in [0.2, 0.25) is 5.91 Å². The summed E-state index contributed by atoms with van der Waals surface area (Å²) in [6.45, 7) is 3.29. The molecule has 0 saturated carbocycles. The minimum atomic E-state index is -0.555.